The van der Waals surface area contributed by atoms with Gasteiger partial charge in [0.2, 0.25) is 0 Å². The lowest BCUT2D eigenvalue weighted by atomic mass is 10.1. The molecule has 0 heterocycles. The van der Waals surface area contributed by atoms with E-state index in [1.807, 2.05) is 0 Å². The maximum atomic E-state index is 11.0. The largest absolute Gasteiger partial charge is 0.468 e. The summed E-state index contributed by atoms with van der Waals surface area (Å²) in [4.78, 5) is 20.8. The maximum Gasteiger partial charge on any atom is 0.324 e. The van der Waals surface area contributed by atoms with Crippen molar-refractivity contribution in [2.24, 2.45) is 5.92 Å². The number of alkyl halides is 1. The topological polar surface area (TPSA) is 43.4 Å². The zero-order chi connectivity index (χ0) is 9.14. The molecule has 0 N–H and O–H groups in total. The van der Waals surface area contributed by atoms with E-state index in [-0.39, 0.29) is 5.92 Å². The van der Waals surface area contributed by atoms with E-state index < -0.39 is 10.8 Å². The lowest BCUT2D eigenvalue weighted by Gasteiger charge is -2.06. The van der Waals surface area contributed by atoms with E-state index >= 15 is 0 Å². The average Bonchev–Trinajstić information content (AvgIpc) is 2.88. The highest BCUT2D eigenvalue weighted by Gasteiger charge is 2.34. The van der Waals surface area contributed by atoms with Gasteiger partial charge in [0.1, 0.15) is 10.8 Å². The summed E-state index contributed by atoms with van der Waals surface area (Å²) >= 11 is 3.10. The number of carbonyl (C=O) groups excluding carboxylic acids is 2. The molecule has 3 nitrogen and oxygen atoms in total. The third kappa shape index (κ3) is 1.96. The fourth-order valence-electron chi connectivity index (χ4n) is 0.967. The first-order valence-corrected chi connectivity index (χ1v) is 4.59. The van der Waals surface area contributed by atoms with Crippen molar-refractivity contribution in [3.63, 3.8) is 0 Å². The Morgan fingerprint density at radius 2 is 2.25 bits per heavy atom. The highest BCUT2D eigenvalue weighted by molar-refractivity contribution is 9.10. The lowest BCUT2D eigenvalue weighted by Crippen LogP contribution is -2.19. The van der Waals surface area contributed by atoms with Crippen LogP contribution < -0.4 is 0 Å². The second kappa shape index (κ2) is 3.87. The Hall–Kier alpha value is -0.600. The van der Waals surface area contributed by atoms with Gasteiger partial charge in [0.05, 0.1) is 7.11 Å². The van der Waals surface area contributed by atoms with E-state index in [2.05, 4.69) is 20.7 Å². The van der Waals surface area contributed by atoms with Gasteiger partial charge in [-0.15, -0.1) is 0 Å². The fraction of sp³-hybridized carbons (Fsp3) is 0.625. The molecule has 0 spiro atoms. The molecule has 0 saturated heterocycles. The Kier molecular flexibility index (Phi) is 3.06. The van der Waals surface area contributed by atoms with Gasteiger partial charge in [0.15, 0.2) is 0 Å². The Labute approximate surface area is 78.9 Å². The van der Waals surface area contributed by atoms with E-state index in [4.69, 9.17) is 0 Å². The van der Waals surface area contributed by atoms with E-state index in [1.165, 1.54) is 7.11 Å². The van der Waals surface area contributed by atoms with Crippen LogP contribution in [0.4, 0.5) is 0 Å². The number of ether oxygens (including phenoxy) is 1. The summed E-state index contributed by atoms with van der Waals surface area (Å²) in [7, 11) is 1.30. The summed E-state index contributed by atoms with van der Waals surface area (Å²) < 4.78 is 4.49. The smallest absolute Gasteiger partial charge is 0.324 e. The minimum atomic E-state index is -0.604. The standard InChI is InChI=1S/C8H9BrO3/c1-12-8(11)7(9)6(4-10)5-2-3-5/h5,7H,2-3H2,1H3. The van der Waals surface area contributed by atoms with Crippen LogP contribution in [0.15, 0.2) is 5.57 Å². The molecule has 1 fully saturated rings. The second-order valence-corrected chi connectivity index (χ2v) is 3.63. The van der Waals surface area contributed by atoms with Gasteiger partial charge in [-0.1, -0.05) is 15.9 Å². The van der Waals surface area contributed by atoms with E-state index in [0.29, 0.717) is 5.57 Å². The number of hydrogen-bond donors (Lipinski definition) is 0. The van der Waals surface area contributed by atoms with Crippen LogP contribution in [0.5, 0.6) is 0 Å². The van der Waals surface area contributed by atoms with E-state index in [1.54, 1.807) is 5.94 Å². The van der Waals surface area contributed by atoms with Crippen molar-refractivity contribution in [2.45, 2.75) is 17.7 Å². The van der Waals surface area contributed by atoms with Crippen LogP contribution in [-0.4, -0.2) is 23.8 Å². The summed E-state index contributed by atoms with van der Waals surface area (Å²) in [5.41, 5.74) is 0.488. The van der Waals surface area contributed by atoms with Crippen LogP contribution in [0.25, 0.3) is 0 Å². The van der Waals surface area contributed by atoms with E-state index in [0.717, 1.165) is 12.8 Å². The SMILES string of the molecule is COC(=O)C(Br)C(=C=O)C1CC1. The van der Waals surface area contributed by atoms with Crippen LogP contribution in [0.1, 0.15) is 12.8 Å². The zero-order valence-corrected chi connectivity index (χ0v) is 8.26. The number of methoxy groups -OCH3 is 1. The predicted molar refractivity (Wildman–Crippen MR) is 46.7 cm³/mol. The quantitative estimate of drug-likeness (QED) is 0.416. The first-order valence-electron chi connectivity index (χ1n) is 3.67. The molecule has 0 bridgehead atoms. The normalized spacial score (nSPS) is 17.8. The van der Waals surface area contributed by atoms with Crippen LogP contribution in [-0.2, 0) is 14.3 Å². The molecule has 1 aliphatic rings. The Morgan fingerprint density at radius 3 is 2.58 bits per heavy atom. The van der Waals surface area contributed by atoms with Gasteiger partial charge < -0.3 is 4.74 Å². The van der Waals surface area contributed by atoms with Crippen LogP contribution in [0, 0.1) is 5.92 Å². The first-order chi connectivity index (χ1) is 5.70. The summed E-state index contributed by atoms with van der Waals surface area (Å²) in [5, 5.41) is 0. The molecule has 4 heteroatoms. The van der Waals surface area contributed by atoms with Gasteiger partial charge >= 0.3 is 5.97 Å². The van der Waals surface area contributed by atoms with Crippen molar-refractivity contribution in [3.8, 4) is 0 Å². The molecule has 0 radical (unpaired) electrons. The summed E-state index contributed by atoms with van der Waals surface area (Å²) in [5.74, 6) is 1.61. The molecular weight excluding hydrogens is 224 g/mol. The van der Waals surface area contributed by atoms with E-state index in [9.17, 15) is 9.59 Å². The Balaban J connectivity index is 2.65. The third-order valence-corrected chi connectivity index (χ3v) is 2.68. The Bertz CT molecular complexity index is 239. The van der Waals surface area contributed by atoms with Crippen molar-refractivity contribution >= 4 is 27.8 Å². The van der Waals surface area contributed by atoms with Crippen molar-refractivity contribution in [2.75, 3.05) is 7.11 Å². The van der Waals surface area contributed by atoms with Crippen molar-refractivity contribution in [3.05, 3.63) is 5.57 Å². The number of carbonyl (C=O) groups is 1. The number of rotatable bonds is 3. The van der Waals surface area contributed by atoms with Crippen LogP contribution in [0.3, 0.4) is 0 Å². The monoisotopic (exact) mass is 232 g/mol. The predicted octanol–water partition coefficient (Wildman–Crippen LogP) is 1.09. The molecule has 0 aliphatic heterocycles. The van der Waals surface area contributed by atoms with Crippen LogP contribution >= 0.6 is 15.9 Å². The molecule has 1 unspecified atom stereocenters. The van der Waals surface area contributed by atoms with Gasteiger partial charge in [0, 0.05) is 5.57 Å². The molecule has 1 aliphatic carbocycles. The molecule has 12 heavy (non-hydrogen) atoms. The van der Waals surface area contributed by atoms with Crippen molar-refractivity contribution < 1.29 is 14.3 Å². The molecule has 66 valence electrons. The number of esters is 1. The maximum absolute atomic E-state index is 11.0. The molecule has 1 atom stereocenters. The van der Waals surface area contributed by atoms with Gasteiger partial charge in [-0.3, -0.25) is 4.79 Å². The molecule has 0 aromatic heterocycles. The average molecular weight is 233 g/mol. The zero-order valence-electron chi connectivity index (χ0n) is 6.67. The molecule has 0 aromatic rings. The van der Waals surface area contributed by atoms with Crippen LogP contribution in [0.2, 0.25) is 0 Å². The van der Waals surface area contributed by atoms with Gasteiger partial charge in [-0.2, -0.15) is 0 Å². The molecule has 1 saturated carbocycles. The molecular formula is C8H9BrO3. The summed E-state index contributed by atoms with van der Waals surface area (Å²) in [6.45, 7) is 0. The van der Waals surface area contributed by atoms with Crippen molar-refractivity contribution in [1.29, 1.82) is 0 Å². The third-order valence-electron chi connectivity index (χ3n) is 1.82. The number of halogens is 1. The van der Waals surface area contributed by atoms with Gasteiger partial charge in [-0.05, 0) is 18.8 Å². The highest BCUT2D eigenvalue weighted by atomic mass is 79.9. The second-order valence-electron chi connectivity index (χ2n) is 2.72. The fourth-order valence-corrected chi connectivity index (χ4v) is 1.62. The molecule has 1 rings (SSSR count). The van der Waals surface area contributed by atoms with Gasteiger partial charge in [-0.25, -0.2) is 4.79 Å². The molecule has 0 amide bonds. The lowest BCUT2D eigenvalue weighted by molar-refractivity contribution is -0.139. The summed E-state index contributed by atoms with van der Waals surface area (Å²) in [6.07, 6.45) is 1.95. The minimum Gasteiger partial charge on any atom is -0.468 e. The first kappa shape index (κ1) is 9.49. The minimum absolute atomic E-state index is 0.242. The van der Waals surface area contributed by atoms with Crippen molar-refractivity contribution in [1.82, 2.24) is 0 Å². The highest BCUT2D eigenvalue weighted by Crippen LogP contribution is 2.38. The van der Waals surface area contributed by atoms with Gasteiger partial charge in [0.25, 0.3) is 0 Å². The summed E-state index contributed by atoms with van der Waals surface area (Å²) in [6, 6.07) is 0. The Morgan fingerprint density at radius 1 is 1.67 bits per heavy atom. The number of hydrogen-bond acceptors (Lipinski definition) is 3. The molecule has 0 aromatic carbocycles.